The van der Waals surface area contributed by atoms with E-state index in [2.05, 4.69) is 48.4 Å². The summed E-state index contributed by atoms with van der Waals surface area (Å²) < 4.78 is 5.62. The highest BCUT2D eigenvalue weighted by Gasteiger charge is 2.08. The minimum Gasteiger partial charge on any atom is -0.484 e. The summed E-state index contributed by atoms with van der Waals surface area (Å²) in [6.45, 7) is 4.79. The van der Waals surface area contributed by atoms with Crippen LogP contribution in [-0.2, 0) is 11.2 Å². The van der Waals surface area contributed by atoms with E-state index in [1.807, 2.05) is 18.2 Å². The number of amides is 1. The fraction of sp³-hybridized carbons (Fsp3) is 0.231. The molecule has 0 saturated heterocycles. The molecule has 1 amide bonds. The van der Waals surface area contributed by atoms with Crippen LogP contribution < -0.4 is 15.5 Å². The molecule has 0 aliphatic heterocycles. The van der Waals surface area contributed by atoms with Crippen molar-refractivity contribution in [3.63, 3.8) is 0 Å². The van der Waals surface area contributed by atoms with Gasteiger partial charge in [-0.15, -0.1) is 0 Å². The van der Waals surface area contributed by atoms with E-state index in [-0.39, 0.29) is 17.9 Å². The minimum absolute atomic E-state index is 0.0530. The maximum atomic E-state index is 12.8. The van der Waals surface area contributed by atoms with Gasteiger partial charge in [0.1, 0.15) is 5.75 Å². The molecule has 5 nitrogen and oxygen atoms in total. The molecule has 0 saturated carbocycles. The molecule has 5 heteroatoms. The number of carbonyl (C=O) groups excluding carboxylic acids is 1. The first-order valence-electron chi connectivity index (χ1n) is 10.5. The number of pyridine rings is 1. The summed E-state index contributed by atoms with van der Waals surface area (Å²) in [4.78, 5) is 28.2. The van der Waals surface area contributed by atoms with Crippen molar-refractivity contribution in [2.45, 2.75) is 26.2 Å². The summed E-state index contributed by atoms with van der Waals surface area (Å²) in [5.74, 6) is 0.814. The lowest BCUT2D eigenvalue weighted by Crippen LogP contribution is -2.30. The van der Waals surface area contributed by atoms with Crippen LogP contribution in [0.25, 0.3) is 21.8 Å². The third kappa shape index (κ3) is 4.77. The maximum absolute atomic E-state index is 12.8. The average Bonchev–Trinajstić information content (AvgIpc) is 2.78. The predicted octanol–water partition coefficient (Wildman–Crippen LogP) is 4.54. The molecule has 0 atom stereocenters. The number of rotatable bonds is 7. The van der Waals surface area contributed by atoms with Crippen LogP contribution in [0.1, 0.15) is 30.9 Å². The van der Waals surface area contributed by atoms with Crippen LogP contribution >= 0.6 is 0 Å². The van der Waals surface area contributed by atoms with Gasteiger partial charge in [-0.05, 0) is 53.8 Å². The van der Waals surface area contributed by atoms with Gasteiger partial charge in [0.15, 0.2) is 12.0 Å². The molecule has 0 spiro atoms. The van der Waals surface area contributed by atoms with Crippen molar-refractivity contribution in [1.29, 1.82) is 0 Å². The SMILES string of the molecule is CC(C)c1ccc(CCNC(=O)COc2ccc3[nH]c4ccccc4c(=O)c3c2)cc1. The number of aromatic amines is 1. The quantitative estimate of drug-likeness (QED) is 0.436. The number of H-pyrrole nitrogens is 1. The second kappa shape index (κ2) is 9.04. The average molecular weight is 415 g/mol. The normalized spacial score (nSPS) is 11.2. The summed E-state index contributed by atoms with van der Waals surface area (Å²) in [7, 11) is 0. The van der Waals surface area contributed by atoms with Crippen LogP contribution in [0.5, 0.6) is 5.75 Å². The molecule has 1 aromatic heterocycles. The van der Waals surface area contributed by atoms with Crippen LogP contribution in [-0.4, -0.2) is 24.0 Å². The molecular formula is C26H26N2O3. The lowest BCUT2D eigenvalue weighted by atomic mass is 10.0. The van der Waals surface area contributed by atoms with E-state index in [0.717, 1.165) is 17.5 Å². The largest absolute Gasteiger partial charge is 0.484 e. The summed E-state index contributed by atoms with van der Waals surface area (Å²) in [6, 6.07) is 21.1. The van der Waals surface area contributed by atoms with E-state index in [4.69, 9.17) is 4.74 Å². The monoisotopic (exact) mass is 414 g/mol. The number of ether oxygens (including phenoxy) is 1. The van der Waals surface area contributed by atoms with Crippen molar-refractivity contribution in [3.05, 3.63) is 88.1 Å². The predicted molar refractivity (Wildman–Crippen MR) is 125 cm³/mol. The molecule has 0 aliphatic carbocycles. The topological polar surface area (TPSA) is 71.2 Å². The Labute approximate surface area is 181 Å². The molecular weight excluding hydrogens is 388 g/mol. The van der Waals surface area contributed by atoms with Gasteiger partial charge in [0, 0.05) is 22.8 Å². The Morgan fingerprint density at radius 1 is 0.968 bits per heavy atom. The van der Waals surface area contributed by atoms with E-state index in [1.165, 1.54) is 11.1 Å². The van der Waals surface area contributed by atoms with Crippen molar-refractivity contribution in [2.75, 3.05) is 13.2 Å². The van der Waals surface area contributed by atoms with Gasteiger partial charge in [-0.25, -0.2) is 0 Å². The molecule has 0 unspecified atom stereocenters. The van der Waals surface area contributed by atoms with Crippen molar-refractivity contribution >= 4 is 27.7 Å². The van der Waals surface area contributed by atoms with Crippen molar-refractivity contribution < 1.29 is 9.53 Å². The number of hydrogen-bond acceptors (Lipinski definition) is 3. The molecule has 4 rings (SSSR count). The second-order valence-electron chi connectivity index (χ2n) is 7.99. The van der Waals surface area contributed by atoms with Crippen LogP contribution in [0.3, 0.4) is 0 Å². The molecule has 0 fully saturated rings. The molecule has 2 N–H and O–H groups in total. The highest BCUT2D eigenvalue weighted by atomic mass is 16.5. The van der Waals surface area contributed by atoms with E-state index < -0.39 is 0 Å². The van der Waals surface area contributed by atoms with Gasteiger partial charge < -0.3 is 15.0 Å². The van der Waals surface area contributed by atoms with E-state index >= 15 is 0 Å². The smallest absolute Gasteiger partial charge is 0.257 e. The first-order chi connectivity index (χ1) is 15.0. The number of para-hydroxylation sites is 1. The van der Waals surface area contributed by atoms with Gasteiger partial charge in [0.2, 0.25) is 0 Å². The van der Waals surface area contributed by atoms with Crippen LogP contribution in [0, 0.1) is 0 Å². The Hall–Kier alpha value is -3.60. The number of fused-ring (bicyclic) bond motifs is 2. The summed E-state index contributed by atoms with van der Waals surface area (Å²) in [5, 5.41) is 4.05. The zero-order valence-corrected chi connectivity index (χ0v) is 17.8. The molecule has 31 heavy (non-hydrogen) atoms. The van der Waals surface area contributed by atoms with Crippen molar-refractivity contribution in [3.8, 4) is 5.75 Å². The Morgan fingerprint density at radius 3 is 2.48 bits per heavy atom. The standard InChI is InChI=1S/C26H26N2O3/c1-17(2)19-9-7-18(8-10-19)13-14-27-25(29)16-31-20-11-12-24-22(15-20)26(30)21-5-3-4-6-23(21)28-24/h3-12,15,17H,13-14,16H2,1-2H3,(H,27,29)(H,28,30). The number of carbonyl (C=O) groups is 1. The molecule has 4 aromatic rings. The highest BCUT2D eigenvalue weighted by Crippen LogP contribution is 2.20. The lowest BCUT2D eigenvalue weighted by Gasteiger charge is -2.10. The van der Waals surface area contributed by atoms with E-state index in [9.17, 15) is 9.59 Å². The van der Waals surface area contributed by atoms with Gasteiger partial charge in [-0.3, -0.25) is 9.59 Å². The van der Waals surface area contributed by atoms with Gasteiger partial charge in [0.05, 0.1) is 5.52 Å². The first kappa shape index (κ1) is 20.7. The van der Waals surface area contributed by atoms with Gasteiger partial charge in [-0.2, -0.15) is 0 Å². The van der Waals surface area contributed by atoms with Crippen LogP contribution in [0.4, 0.5) is 0 Å². The molecule has 0 bridgehead atoms. The highest BCUT2D eigenvalue weighted by molar-refractivity contribution is 5.93. The lowest BCUT2D eigenvalue weighted by molar-refractivity contribution is -0.123. The number of hydrogen-bond donors (Lipinski definition) is 2. The minimum atomic E-state index is -0.189. The zero-order chi connectivity index (χ0) is 21.8. The van der Waals surface area contributed by atoms with E-state index in [1.54, 1.807) is 24.3 Å². The Bertz CT molecular complexity index is 1270. The molecule has 0 radical (unpaired) electrons. The molecule has 1 heterocycles. The molecule has 3 aromatic carbocycles. The number of nitrogens with one attached hydrogen (secondary N) is 2. The second-order valence-corrected chi connectivity index (χ2v) is 7.99. The maximum Gasteiger partial charge on any atom is 0.257 e. The number of aromatic nitrogens is 1. The fourth-order valence-electron chi connectivity index (χ4n) is 3.61. The Balaban J connectivity index is 1.34. The van der Waals surface area contributed by atoms with Gasteiger partial charge in [-0.1, -0.05) is 50.2 Å². The third-order valence-corrected chi connectivity index (χ3v) is 5.43. The fourth-order valence-corrected chi connectivity index (χ4v) is 3.61. The zero-order valence-electron chi connectivity index (χ0n) is 17.8. The summed E-state index contributed by atoms with van der Waals surface area (Å²) >= 11 is 0. The molecule has 0 aliphatic rings. The van der Waals surface area contributed by atoms with Crippen LogP contribution in [0.2, 0.25) is 0 Å². The van der Waals surface area contributed by atoms with Crippen LogP contribution in [0.15, 0.2) is 71.5 Å². The van der Waals surface area contributed by atoms with E-state index in [0.29, 0.717) is 29.0 Å². The summed E-state index contributed by atoms with van der Waals surface area (Å²) in [5.41, 5.74) is 3.98. The third-order valence-electron chi connectivity index (χ3n) is 5.43. The van der Waals surface area contributed by atoms with Gasteiger partial charge in [0.25, 0.3) is 5.91 Å². The Morgan fingerprint density at radius 2 is 1.71 bits per heavy atom. The molecule has 158 valence electrons. The van der Waals surface area contributed by atoms with Gasteiger partial charge >= 0.3 is 0 Å². The number of benzene rings is 3. The summed E-state index contributed by atoms with van der Waals surface area (Å²) in [6.07, 6.45) is 0.766. The Kier molecular flexibility index (Phi) is 6.03. The van der Waals surface area contributed by atoms with Crippen molar-refractivity contribution in [1.82, 2.24) is 10.3 Å². The van der Waals surface area contributed by atoms with Crippen molar-refractivity contribution in [2.24, 2.45) is 0 Å². The first-order valence-corrected chi connectivity index (χ1v) is 10.5.